The molecular formula is C36H68O2Se. The van der Waals surface area contributed by atoms with Crippen molar-refractivity contribution in [3.05, 3.63) is 21.0 Å². The molecule has 0 aliphatic carbocycles. The summed E-state index contributed by atoms with van der Waals surface area (Å²) >= 11 is 0.551. The van der Waals surface area contributed by atoms with E-state index in [0.717, 1.165) is 39.3 Å². The van der Waals surface area contributed by atoms with Crippen LogP contribution >= 0.6 is 0 Å². The van der Waals surface area contributed by atoms with Gasteiger partial charge in [0.05, 0.1) is 0 Å². The second-order valence-corrected chi connectivity index (χ2v) is 13.5. The van der Waals surface area contributed by atoms with E-state index in [1.165, 1.54) is 154 Å². The number of hydrogen-bond donors (Lipinski definition) is 0. The Hall–Kier alpha value is -0.0805. The van der Waals surface area contributed by atoms with E-state index in [0.29, 0.717) is 14.5 Å². The minimum absolute atomic E-state index is 0.551. The smallest absolute Gasteiger partial charge is 0.0654 e. The van der Waals surface area contributed by atoms with Crippen LogP contribution in [0.25, 0.3) is 0 Å². The van der Waals surface area contributed by atoms with Gasteiger partial charge in [0, 0.05) is 0 Å². The molecular weight excluding hydrogens is 543 g/mol. The van der Waals surface area contributed by atoms with Gasteiger partial charge < -0.3 is 0 Å². The molecule has 0 unspecified atom stereocenters. The van der Waals surface area contributed by atoms with Crippen molar-refractivity contribution >= 4 is 14.5 Å². The Labute approximate surface area is 251 Å². The normalized spacial score (nSPS) is 11.5. The van der Waals surface area contributed by atoms with Gasteiger partial charge in [-0.1, -0.05) is 90.9 Å². The van der Waals surface area contributed by atoms with E-state index in [1.54, 1.807) is 11.1 Å². The molecule has 39 heavy (non-hydrogen) atoms. The maximum absolute atomic E-state index is 5.97. The van der Waals surface area contributed by atoms with Crippen molar-refractivity contribution in [2.24, 2.45) is 0 Å². The summed E-state index contributed by atoms with van der Waals surface area (Å²) < 4.78 is 11.9. The Kier molecular flexibility index (Phi) is 29.2. The fraction of sp³-hybridized carbons (Fsp3) is 0.889. The van der Waals surface area contributed by atoms with Gasteiger partial charge in [-0.15, -0.1) is 0 Å². The minimum Gasteiger partial charge on any atom is -0.0654 e. The van der Waals surface area contributed by atoms with Crippen molar-refractivity contribution in [3.63, 3.8) is 0 Å². The topological polar surface area (TPSA) is 18.5 Å². The number of unbranched alkanes of at least 4 members (excludes halogenated alkanes) is 22. The molecule has 1 heterocycles. The third kappa shape index (κ3) is 25.4. The van der Waals surface area contributed by atoms with Crippen LogP contribution in [-0.4, -0.2) is 40.9 Å². The fourth-order valence-electron chi connectivity index (χ4n) is 5.45. The van der Waals surface area contributed by atoms with E-state index in [1.807, 2.05) is 0 Å². The van der Waals surface area contributed by atoms with Crippen LogP contribution in [0.15, 0.2) is 9.88 Å². The maximum atomic E-state index is 5.97. The Morgan fingerprint density at radius 3 is 0.974 bits per heavy atom. The first-order valence-electron chi connectivity index (χ1n) is 17.6. The summed E-state index contributed by atoms with van der Waals surface area (Å²) in [6, 6.07) is 0. The Balaban J connectivity index is 1.83. The first-order chi connectivity index (χ1) is 19.4. The standard InChI is InChI=1S/C36H68O2Se/c1-3-5-7-9-11-13-15-17-19-21-23-25-29-37-31-27-35-33-39-34-36(35)28-32-38-30-26-24-22-20-18-16-14-12-10-8-6-4-2/h33-34H,3-32H2,1-2H3. The second kappa shape index (κ2) is 30.9. The zero-order valence-corrected chi connectivity index (χ0v) is 28.3. The van der Waals surface area contributed by atoms with E-state index in [4.69, 9.17) is 9.47 Å². The molecule has 0 bridgehead atoms. The van der Waals surface area contributed by atoms with Crippen molar-refractivity contribution in [3.8, 4) is 0 Å². The quantitative estimate of drug-likeness (QED) is 0.0596. The molecule has 0 atom stereocenters. The molecule has 0 saturated carbocycles. The number of hydrogen-bond acceptors (Lipinski definition) is 2. The van der Waals surface area contributed by atoms with E-state index in [9.17, 15) is 0 Å². The molecule has 0 amide bonds. The summed E-state index contributed by atoms with van der Waals surface area (Å²) in [5, 5.41) is 0. The molecule has 230 valence electrons. The predicted molar refractivity (Wildman–Crippen MR) is 175 cm³/mol. The van der Waals surface area contributed by atoms with Gasteiger partial charge in [0.15, 0.2) is 0 Å². The van der Waals surface area contributed by atoms with E-state index in [2.05, 4.69) is 23.7 Å². The monoisotopic (exact) mass is 612 g/mol. The van der Waals surface area contributed by atoms with Crippen LogP contribution in [0.5, 0.6) is 0 Å². The average Bonchev–Trinajstić information content (AvgIpc) is 3.40. The third-order valence-electron chi connectivity index (χ3n) is 8.15. The summed E-state index contributed by atoms with van der Waals surface area (Å²) in [6.07, 6.45) is 35.8. The summed E-state index contributed by atoms with van der Waals surface area (Å²) in [7, 11) is 0. The van der Waals surface area contributed by atoms with Gasteiger partial charge in [-0.2, -0.15) is 0 Å². The van der Waals surface area contributed by atoms with Crippen molar-refractivity contribution in [2.75, 3.05) is 26.4 Å². The van der Waals surface area contributed by atoms with Gasteiger partial charge >= 0.3 is 161 Å². The fourth-order valence-corrected chi connectivity index (χ4v) is 7.41. The van der Waals surface area contributed by atoms with Crippen LogP contribution in [0.3, 0.4) is 0 Å². The Morgan fingerprint density at radius 2 is 0.667 bits per heavy atom. The molecule has 1 aromatic rings. The molecule has 0 fully saturated rings. The van der Waals surface area contributed by atoms with Crippen LogP contribution < -0.4 is 0 Å². The van der Waals surface area contributed by atoms with E-state index >= 15 is 0 Å². The molecule has 0 aliphatic heterocycles. The van der Waals surface area contributed by atoms with Crippen LogP contribution in [-0.2, 0) is 22.3 Å². The molecule has 0 aliphatic rings. The van der Waals surface area contributed by atoms with Crippen molar-refractivity contribution in [1.82, 2.24) is 0 Å². The zero-order valence-electron chi connectivity index (χ0n) is 26.6. The molecule has 1 aromatic heterocycles. The van der Waals surface area contributed by atoms with Crippen molar-refractivity contribution in [2.45, 2.75) is 181 Å². The van der Waals surface area contributed by atoms with Gasteiger partial charge in [0.2, 0.25) is 0 Å². The van der Waals surface area contributed by atoms with Crippen LogP contribution in [0.1, 0.15) is 179 Å². The van der Waals surface area contributed by atoms with E-state index in [-0.39, 0.29) is 0 Å². The number of rotatable bonds is 32. The summed E-state index contributed by atoms with van der Waals surface area (Å²) in [4.78, 5) is 4.92. The van der Waals surface area contributed by atoms with Gasteiger partial charge in [-0.25, -0.2) is 0 Å². The SMILES string of the molecule is CCCCCCCCCCCCCCOCCc1c[se]cc1CCOCCCCCCCCCCCCCC. The molecule has 0 spiro atoms. The molecule has 0 radical (unpaired) electrons. The van der Waals surface area contributed by atoms with E-state index < -0.39 is 0 Å². The molecule has 0 N–H and O–H groups in total. The van der Waals surface area contributed by atoms with Gasteiger partial charge in [-0.3, -0.25) is 0 Å². The Morgan fingerprint density at radius 1 is 0.385 bits per heavy atom. The molecule has 1 rings (SSSR count). The van der Waals surface area contributed by atoms with Crippen LogP contribution in [0.2, 0.25) is 0 Å². The van der Waals surface area contributed by atoms with Gasteiger partial charge in [0.25, 0.3) is 0 Å². The molecule has 0 aromatic carbocycles. The zero-order chi connectivity index (χ0) is 27.9. The predicted octanol–water partition coefficient (Wildman–Crippen LogP) is 11.3. The molecule has 2 nitrogen and oxygen atoms in total. The average molecular weight is 612 g/mol. The summed E-state index contributed by atoms with van der Waals surface area (Å²) in [6.45, 7) is 8.25. The van der Waals surface area contributed by atoms with Crippen LogP contribution in [0.4, 0.5) is 0 Å². The van der Waals surface area contributed by atoms with Crippen LogP contribution in [0, 0.1) is 0 Å². The van der Waals surface area contributed by atoms with Gasteiger partial charge in [0.1, 0.15) is 0 Å². The Bertz CT molecular complexity index is 536. The van der Waals surface area contributed by atoms with Gasteiger partial charge in [-0.05, 0) is 0 Å². The second-order valence-electron chi connectivity index (χ2n) is 11.9. The summed E-state index contributed by atoms with van der Waals surface area (Å²) in [5.74, 6) is 0. The van der Waals surface area contributed by atoms with Crippen molar-refractivity contribution < 1.29 is 9.47 Å². The molecule has 3 heteroatoms. The minimum atomic E-state index is 0.551. The number of ether oxygens (including phenoxy) is 2. The van der Waals surface area contributed by atoms with Crippen molar-refractivity contribution in [1.29, 1.82) is 0 Å². The first-order valence-corrected chi connectivity index (χ1v) is 19.6. The molecule has 0 saturated heterocycles. The third-order valence-corrected chi connectivity index (χ3v) is 9.91. The first kappa shape index (κ1) is 36.9. The summed E-state index contributed by atoms with van der Waals surface area (Å²) in [5.41, 5.74) is 3.08.